The molecule has 0 saturated carbocycles. The van der Waals surface area contributed by atoms with Crippen molar-refractivity contribution in [3.63, 3.8) is 0 Å². The lowest BCUT2D eigenvalue weighted by Crippen LogP contribution is -2.13. The quantitative estimate of drug-likeness (QED) is 0.870. The monoisotopic (exact) mass is 256 g/mol. The Balaban J connectivity index is 2.13. The smallest absolute Gasteiger partial charge is 0.306 e. The Morgan fingerprint density at radius 3 is 2.53 bits per heavy atom. The number of carboxylic acid groups (broad SMARTS) is 1. The van der Waals surface area contributed by atoms with Crippen molar-refractivity contribution in [1.29, 1.82) is 0 Å². The van der Waals surface area contributed by atoms with Gasteiger partial charge in [0.05, 0.1) is 5.92 Å². The fraction of sp³-hybridized carbons (Fsp3) is 0.353. The minimum Gasteiger partial charge on any atom is -0.481 e. The van der Waals surface area contributed by atoms with E-state index in [0.29, 0.717) is 12.8 Å². The Labute approximate surface area is 114 Å². The van der Waals surface area contributed by atoms with Gasteiger partial charge < -0.3 is 5.11 Å². The highest BCUT2D eigenvalue weighted by atomic mass is 16.4. The molecule has 2 aromatic carbocycles. The topological polar surface area (TPSA) is 37.3 Å². The molecule has 0 amide bonds. The molecule has 1 N–H and O–H groups in total. The molecule has 0 aliphatic rings. The number of carbonyl (C=O) groups is 1. The fourth-order valence-corrected chi connectivity index (χ4v) is 2.41. The lowest BCUT2D eigenvalue weighted by atomic mass is 9.96. The van der Waals surface area contributed by atoms with Gasteiger partial charge in [-0.2, -0.15) is 0 Å². The molecule has 100 valence electrons. The molecule has 0 radical (unpaired) electrons. The van der Waals surface area contributed by atoms with Crippen LogP contribution in [0, 0.1) is 12.8 Å². The minimum atomic E-state index is -0.682. The second-order valence-electron chi connectivity index (χ2n) is 5.17. The van der Waals surface area contributed by atoms with E-state index in [4.69, 9.17) is 5.11 Å². The van der Waals surface area contributed by atoms with E-state index in [9.17, 15) is 4.79 Å². The third kappa shape index (κ3) is 3.34. The largest absolute Gasteiger partial charge is 0.481 e. The van der Waals surface area contributed by atoms with Crippen LogP contribution in [0.15, 0.2) is 36.4 Å². The molecule has 0 unspecified atom stereocenters. The molecule has 2 heteroatoms. The first kappa shape index (κ1) is 13.6. The lowest BCUT2D eigenvalue weighted by Gasteiger charge is -2.10. The molecule has 1 atom stereocenters. The summed E-state index contributed by atoms with van der Waals surface area (Å²) in [6, 6.07) is 12.8. The van der Waals surface area contributed by atoms with Crippen LogP contribution < -0.4 is 0 Å². The van der Waals surface area contributed by atoms with E-state index in [0.717, 1.165) is 6.42 Å². The zero-order valence-corrected chi connectivity index (χ0v) is 11.5. The second-order valence-corrected chi connectivity index (χ2v) is 5.17. The van der Waals surface area contributed by atoms with E-state index in [1.807, 2.05) is 6.92 Å². The maximum Gasteiger partial charge on any atom is 0.306 e. The number of fused-ring (bicyclic) bond motifs is 1. The molecule has 0 bridgehead atoms. The van der Waals surface area contributed by atoms with Crippen LogP contribution in [0.25, 0.3) is 10.8 Å². The first-order valence-electron chi connectivity index (χ1n) is 6.82. The summed E-state index contributed by atoms with van der Waals surface area (Å²) in [5.74, 6) is -0.910. The summed E-state index contributed by atoms with van der Waals surface area (Å²) in [6.45, 7) is 4.02. The maximum atomic E-state index is 11.0. The molecular formula is C17H20O2. The molecule has 0 fully saturated rings. The number of hydrogen-bond donors (Lipinski definition) is 1. The third-order valence-corrected chi connectivity index (χ3v) is 3.68. The zero-order chi connectivity index (χ0) is 13.8. The molecule has 0 heterocycles. The lowest BCUT2D eigenvalue weighted by molar-refractivity contribution is -0.142. The van der Waals surface area contributed by atoms with Crippen LogP contribution in [-0.2, 0) is 11.2 Å². The van der Waals surface area contributed by atoms with Crippen LogP contribution >= 0.6 is 0 Å². The number of benzene rings is 2. The normalized spacial score (nSPS) is 12.5. The molecule has 0 aliphatic heterocycles. The first-order valence-corrected chi connectivity index (χ1v) is 6.82. The molecular weight excluding hydrogens is 236 g/mol. The van der Waals surface area contributed by atoms with Gasteiger partial charge in [0, 0.05) is 0 Å². The average molecular weight is 256 g/mol. The molecule has 0 aromatic heterocycles. The zero-order valence-electron chi connectivity index (χ0n) is 11.5. The Kier molecular flexibility index (Phi) is 4.20. The standard InChI is InChI=1S/C17H20O2/c1-3-14(17(18)19)8-5-13-6-9-15-10-12(2)4-7-16(15)11-13/h4,6-7,9-11,14H,3,5,8H2,1-2H3,(H,18,19)/t14-/m0/s1. The van der Waals surface area contributed by atoms with Gasteiger partial charge in [-0.25, -0.2) is 0 Å². The number of aryl methyl sites for hydroxylation is 2. The van der Waals surface area contributed by atoms with Gasteiger partial charge in [0.2, 0.25) is 0 Å². The number of carboxylic acids is 1. The van der Waals surface area contributed by atoms with E-state index < -0.39 is 5.97 Å². The SMILES string of the molecule is CC[C@@H](CCc1ccc2cc(C)ccc2c1)C(=O)O. The molecule has 19 heavy (non-hydrogen) atoms. The van der Waals surface area contributed by atoms with Gasteiger partial charge in [0.15, 0.2) is 0 Å². The van der Waals surface area contributed by atoms with Crippen molar-refractivity contribution in [2.75, 3.05) is 0 Å². The number of aliphatic carboxylic acids is 1. The Morgan fingerprint density at radius 1 is 1.16 bits per heavy atom. The Morgan fingerprint density at radius 2 is 1.84 bits per heavy atom. The highest BCUT2D eigenvalue weighted by Gasteiger charge is 2.14. The van der Waals surface area contributed by atoms with Gasteiger partial charge in [-0.05, 0) is 42.5 Å². The Bertz CT molecular complexity index is 587. The molecule has 2 nitrogen and oxygen atoms in total. The van der Waals surface area contributed by atoms with Crippen molar-refractivity contribution in [3.8, 4) is 0 Å². The van der Waals surface area contributed by atoms with E-state index in [1.165, 1.54) is 21.9 Å². The first-order chi connectivity index (χ1) is 9.10. The van der Waals surface area contributed by atoms with Crippen LogP contribution in [0.4, 0.5) is 0 Å². The van der Waals surface area contributed by atoms with Crippen LogP contribution in [-0.4, -0.2) is 11.1 Å². The fourth-order valence-electron chi connectivity index (χ4n) is 2.41. The summed E-state index contributed by atoms with van der Waals surface area (Å²) in [7, 11) is 0. The Hall–Kier alpha value is -1.83. The number of rotatable bonds is 5. The molecule has 2 rings (SSSR count). The van der Waals surface area contributed by atoms with Crippen molar-refractivity contribution in [3.05, 3.63) is 47.5 Å². The van der Waals surface area contributed by atoms with E-state index >= 15 is 0 Å². The van der Waals surface area contributed by atoms with Crippen molar-refractivity contribution >= 4 is 16.7 Å². The second kappa shape index (κ2) is 5.87. The van der Waals surface area contributed by atoms with Crippen molar-refractivity contribution in [2.24, 2.45) is 5.92 Å². The van der Waals surface area contributed by atoms with E-state index in [-0.39, 0.29) is 5.92 Å². The molecule has 0 spiro atoms. The summed E-state index contributed by atoms with van der Waals surface area (Å²) < 4.78 is 0. The van der Waals surface area contributed by atoms with Crippen molar-refractivity contribution in [1.82, 2.24) is 0 Å². The van der Waals surface area contributed by atoms with Gasteiger partial charge in [0.25, 0.3) is 0 Å². The maximum absolute atomic E-state index is 11.0. The van der Waals surface area contributed by atoms with Gasteiger partial charge in [-0.3, -0.25) is 4.79 Å². The summed E-state index contributed by atoms with van der Waals surface area (Å²) >= 11 is 0. The summed E-state index contributed by atoms with van der Waals surface area (Å²) in [4.78, 5) is 11.0. The van der Waals surface area contributed by atoms with Crippen LogP contribution in [0.2, 0.25) is 0 Å². The highest BCUT2D eigenvalue weighted by molar-refractivity contribution is 5.83. The van der Waals surface area contributed by atoms with Gasteiger partial charge >= 0.3 is 5.97 Å². The molecule has 0 saturated heterocycles. The molecule has 0 aliphatic carbocycles. The van der Waals surface area contributed by atoms with Gasteiger partial charge in [-0.15, -0.1) is 0 Å². The highest BCUT2D eigenvalue weighted by Crippen LogP contribution is 2.20. The summed E-state index contributed by atoms with van der Waals surface area (Å²) in [5, 5.41) is 11.5. The summed E-state index contributed by atoms with van der Waals surface area (Å²) in [6.07, 6.45) is 2.24. The van der Waals surface area contributed by atoms with Crippen LogP contribution in [0.3, 0.4) is 0 Å². The number of hydrogen-bond acceptors (Lipinski definition) is 1. The van der Waals surface area contributed by atoms with Crippen molar-refractivity contribution < 1.29 is 9.90 Å². The summed E-state index contributed by atoms with van der Waals surface area (Å²) in [5.41, 5.74) is 2.48. The van der Waals surface area contributed by atoms with Crippen LogP contribution in [0.5, 0.6) is 0 Å². The van der Waals surface area contributed by atoms with Crippen LogP contribution in [0.1, 0.15) is 30.9 Å². The third-order valence-electron chi connectivity index (χ3n) is 3.68. The van der Waals surface area contributed by atoms with E-state index in [2.05, 4.69) is 43.3 Å². The van der Waals surface area contributed by atoms with Crippen molar-refractivity contribution in [2.45, 2.75) is 33.1 Å². The minimum absolute atomic E-state index is 0.228. The average Bonchev–Trinajstić information content (AvgIpc) is 2.39. The van der Waals surface area contributed by atoms with E-state index in [1.54, 1.807) is 0 Å². The predicted molar refractivity (Wildman–Crippen MR) is 78.4 cm³/mol. The van der Waals surface area contributed by atoms with Gasteiger partial charge in [0.1, 0.15) is 0 Å². The molecule has 2 aromatic rings. The predicted octanol–water partition coefficient (Wildman–Crippen LogP) is 4.19. The van der Waals surface area contributed by atoms with Gasteiger partial charge in [-0.1, -0.05) is 48.9 Å².